The van der Waals surface area contributed by atoms with Gasteiger partial charge < -0.3 is 4.74 Å². The van der Waals surface area contributed by atoms with Crippen LogP contribution in [0.1, 0.15) is 22.1 Å². The fourth-order valence-corrected chi connectivity index (χ4v) is 2.33. The van der Waals surface area contributed by atoms with E-state index in [0.29, 0.717) is 0 Å². The first-order valence-corrected chi connectivity index (χ1v) is 6.31. The third-order valence-electron chi connectivity index (χ3n) is 3.04. The second kappa shape index (κ2) is 5.75. The monoisotopic (exact) mass is 300 g/mol. The number of methoxy groups -OCH3 is 1. The minimum Gasteiger partial charge on any atom is -0.496 e. The van der Waals surface area contributed by atoms with Crippen LogP contribution in [-0.2, 0) is 0 Å². The molecule has 5 heteroatoms. The molecule has 2 aromatic carbocycles. The van der Waals surface area contributed by atoms with Gasteiger partial charge in [-0.3, -0.25) is 0 Å². The third-order valence-corrected chi connectivity index (χ3v) is 3.49. The zero-order valence-electron chi connectivity index (χ0n) is 10.9. The van der Waals surface area contributed by atoms with E-state index in [9.17, 15) is 13.2 Å². The normalized spacial score (nSPS) is 12.3. The number of rotatable bonds is 3. The van der Waals surface area contributed by atoms with Crippen molar-refractivity contribution in [2.24, 2.45) is 0 Å². The van der Waals surface area contributed by atoms with Gasteiger partial charge in [-0.15, -0.1) is 11.6 Å². The standard InChI is InChI=1S/C15H12ClF3O/c1-8-6-12(19)9(7-11(8)18)15(16)14-10(17)4-3-5-13(14)20-2/h3-7,15H,1-2H3. The van der Waals surface area contributed by atoms with E-state index in [-0.39, 0.29) is 22.4 Å². The van der Waals surface area contributed by atoms with Gasteiger partial charge in [-0.1, -0.05) is 6.07 Å². The molecule has 0 aliphatic carbocycles. The highest BCUT2D eigenvalue weighted by molar-refractivity contribution is 6.22. The quantitative estimate of drug-likeness (QED) is 0.743. The summed E-state index contributed by atoms with van der Waals surface area (Å²) in [6.45, 7) is 1.44. The number of alkyl halides is 1. The van der Waals surface area contributed by atoms with Crippen molar-refractivity contribution in [2.45, 2.75) is 12.3 Å². The summed E-state index contributed by atoms with van der Waals surface area (Å²) in [5.74, 6) is -1.73. The molecule has 1 unspecified atom stereocenters. The molecule has 0 fully saturated rings. The molecule has 0 saturated carbocycles. The fraction of sp³-hybridized carbons (Fsp3) is 0.200. The maximum absolute atomic E-state index is 13.9. The van der Waals surface area contributed by atoms with Crippen LogP contribution >= 0.6 is 11.6 Å². The molecule has 0 aliphatic heterocycles. The van der Waals surface area contributed by atoms with Crippen molar-refractivity contribution < 1.29 is 17.9 Å². The lowest BCUT2D eigenvalue weighted by molar-refractivity contribution is 0.404. The van der Waals surface area contributed by atoms with Crippen LogP contribution in [0.2, 0.25) is 0 Å². The average molecular weight is 301 g/mol. The lowest BCUT2D eigenvalue weighted by Crippen LogP contribution is -2.04. The maximum Gasteiger partial charge on any atom is 0.131 e. The van der Waals surface area contributed by atoms with E-state index in [1.807, 2.05) is 0 Å². The van der Waals surface area contributed by atoms with Crippen molar-refractivity contribution in [2.75, 3.05) is 7.11 Å². The first-order valence-electron chi connectivity index (χ1n) is 5.87. The van der Waals surface area contributed by atoms with Gasteiger partial charge >= 0.3 is 0 Å². The predicted molar refractivity (Wildman–Crippen MR) is 71.7 cm³/mol. The molecule has 1 nitrogen and oxygen atoms in total. The Balaban J connectivity index is 2.57. The second-order valence-electron chi connectivity index (χ2n) is 4.34. The Bertz CT molecular complexity index is 643. The lowest BCUT2D eigenvalue weighted by atomic mass is 10.0. The highest BCUT2D eigenvalue weighted by Gasteiger charge is 2.23. The van der Waals surface area contributed by atoms with E-state index in [1.54, 1.807) is 0 Å². The smallest absolute Gasteiger partial charge is 0.131 e. The number of benzene rings is 2. The Morgan fingerprint density at radius 3 is 2.40 bits per heavy atom. The van der Waals surface area contributed by atoms with Gasteiger partial charge in [0.15, 0.2) is 0 Å². The van der Waals surface area contributed by atoms with Crippen LogP contribution in [0.3, 0.4) is 0 Å². The molecule has 0 amide bonds. The number of hydrogen-bond acceptors (Lipinski definition) is 1. The molecule has 0 N–H and O–H groups in total. The summed E-state index contributed by atoms with van der Waals surface area (Å²) in [6, 6.07) is 6.17. The predicted octanol–water partition coefficient (Wildman–Crippen LogP) is 4.75. The SMILES string of the molecule is COc1cccc(F)c1C(Cl)c1cc(F)c(C)cc1F. The summed E-state index contributed by atoms with van der Waals surface area (Å²) in [6.07, 6.45) is 0. The molecule has 106 valence electrons. The third kappa shape index (κ3) is 2.61. The van der Waals surface area contributed by atoms with Crippen LogP contribution in [-0.4, -0.2) is 7.11 Å². The molecule has 1 atom stereocenters. The molecule has 0 saturated heterocycles. The van der Waals surface area contributed by atoms with Gasteiger partial charge in [-0.2, -0.15) is 0 Å². The molecule has 0 bridgehead atoms. The first-order chi connectivity index (χ1) is 9.45. The Morgan fingerprint density at radius 1 is 1.05 bits per heavy atom. The van der Waals surface area contributed by atoms with Gasteiger partial charge in [0.1, 0.15) is 23.2 Å². The summed E-state index contributed by atoms with van der Waals surface area (Å²) < 4.78 is 46.4. The van der Waals surface area contributed by atoms with E-state index in [1.165, 1.54) is 32.2 Å². The molecule has 0 aliphatic rings. The molecule has 2 aromatic rings. The van der Waals surface area contributed by atoms with E-state index < -0.39 is 22.8 Å². The molecule has 0 heterocycles. The van der Waals surface area contributed by atoms with Crippen LogP contribution < -0.4 is 4.74 Å². The minimum absolute atomic E-state index is 0.0150. The van der Waals surface area contributed by atoms with Crippen molar-refractivity contribution in [1.29, 1.82) is 0 Å². The average Bonchev–Trinajstić information content (AvgIpc) is 2.41. The number of hydrogen-bond donors (Lipinski definition) is 0. The van der Waals surface area contributed by atoms with E-state index in [4.69, 9.17) is 16.3 Å². The van der Waals surface area contributed by atoms with E-state index in [0.717, 1.165) is 12.1 Å². The largest absolute Gasteiger partial charge is 0.496 e. The van der Waals surface area contributed by atoms with Crippen molar-refractivity contribution in [3.63, 3.8) is 0 Å². The Kier molecular flexibility index (Phi) is 4.23. The van der Waals surface area contributed by atoms with Gasteiger partial charge in [0.05, 0.1) is 18.1 Å². The maximum atomic E-state index is 13.9. The van der Waals surface area contributed by atoms with Gasteiger partial charge in [-0.25, -0.2) is 13.2 Å². The Labute approximate surface area is 119 Å². The Hall–Kier alpha value is -1.68. The molecular formula is C15H12ClF3O. The van der Waals surface area contributed by atoms with Crippen LogP contribution in [0.4, 0.5) is 13.2 Å². The first kappa shape index (κ1) is 14.7. The van der Waals surface area contributed by atoms with Crippen LogP contribution in [0.5, 0.6) is 5.75 Å². The van der Waals surface area contributed by atoms with Crippen molar-refractivity contribution in [3.8, 4) is 5.75 Å². The van der Waals surface area contributed by atoms with Crippen LogP contribution in [0.25, 0.3) is 0 Å². The summed E-state index contributed by atoms with van der Waals surface area (Å²) in [5, 5.41) is -1.18. The van der Waals surface area contributed by atoms with Crippen molar-refractivity contribution >= 4 is 11.6 Å². The second-order valence-corrected chi connectivity index (χ2v) is 4.78. The zero-order valence-corrected chi connectivity index (χ0v) is 11.6. The van der Waals surface area contributed by atoms with Crippen LogP contribution in [0, 0.1) is 24.4 Å². The number of halogens is 4. The molecule has 0 radical (unpaired) electrons. The van der Waals surface area contributed by atoms with E-state index >= 15 is 0 Å². The summed E-state index contributed by atoms with van der Waals surface area (Å²) in [7, 11) is 1.36. The van der Waals surface area contributed by atoms with Crippen molar-refractivity contribution in [1.82, 2.24) is 0 Å². The number of ether oxygens (including phenoxy) is 1. The van der Waals surface area contributed by atoms with Crippen molar-refractivity contribution in [3.05, 3.63) is 64.5 Å². The molecule has 0 spiro atoms. The highest BCUT2D eigenvalue weighted by atomic mass is 35.5. The summed E-state index contributed by atoms with van der Waals surface area (Å²) in [5.41, 5.74) is 0.0209. The minimum atomic E-state index is -1.18. The molecular weight excluding hydrogens is 289 g/mol. The molecule has 0 aromatic heterocycles. The zero-order chi connectivity index (χ0) is 14.9. The van der Waals surface area contributed by atoms with Crippen LogP contribution in [0.15, 0.2) is 30.3 Å². The van der Waals surface area contributed by atoms with Gasteiger partial charge in [0, 0.05) is 5.56 Å². The van der Waals surface area contributed by atoms with E-state index in [2.05, 4.69) is 0 Å². The highest BCUT2D eigenvalue weighted by Crippen LogP contribution is 2.38. The lowest BCUT2D eigenvalue weighted by Gasteiger charge is -2.16. The van der Waals surface area contributed by atoms with Gasteiger partial charge in [0.2, 0.25) is 0 Å². The number of aryl methyl sites for hydroxylation is 1. The molecule has 20 heavy (non-hydrogen) atoms. The topological polar surface area (TPSA) is 9.23 Å². The summed E-state index contributed by atoms with van der Waals surface area (Å²) in [4.78, 5) is 0. The molecule has 2 rings (SSSR count). The van der Waals surface area contributed by atoms with Gasteiger partial charge in [-0.05, 0) is 36.8 Å². The Morgan fingerprint density at radius 2 is 1.75 bits per heavy atom. The fourth-order valence-electron chi connectivity index (χ4n) is 1.95. The summed E-state index contributed by atoms with van der Waals surface area (Å²) >= 11 is 6.12. The van der Waals surface area contributed by atoms with Gasteiger partial charge in [0.25, 0.3) is 0 Å².